The predicted octanol–water partition coefficient (Wildman–Crippen LogP) is 2.89. The van der Waals surface area contributed by atoms with Gasteiger partial charge in [-0.15, -0.1) is 11.3 Å². The first kappa shape index (κ1) is 15.9. The molecule has 2 aromatic heterocycles. The number of nitriles is 1. The Morgan fingerprint density at radius 2 is 2.43 bits per heavy atom. The number of hydrogen-bond acceptors (Lipinski definition) is 6. The van der Waals surface area contributed by atoms with Gasteiger partial charge < -0.3 is 10.1 Å². The molecule has 0 saturated carbocycles. The highest BCUT2D eigenvalue weighted by Crippen LogP contribution is 2.27. The lowest BCUT2D eigenvalue weighted by molar-refractivity contribution is -0.0322. The van der Waals surface area contributed by atoms with Gasteiger partial charge in [0, 0.05) is 30.7 Å². The molecule has 1 fully saturated rings. The number of thiophene rings is 1. The first-order chi connectivity index (χ1) is 11.3. The molecule has 0 aliphatic carbocycles. The van der Waals surface area contributed by atoms with E-state index in [0.29, 0.717) is 11.4 Å². The minimum absolute atomic E-state index is 0.246. The zero-order valence-electron chi connectivity index (χ0n) is 13.1. The molecule has 6 heteroatoms. The van der Waals surface area contributed by atoms with Crippen molar-refractivity contribution in [2.24, 2.45) is 0 Å². The second kappa shape index (κ2) is 7.55. The van der Waals surface area contributed by atoms with E-state index in [1.165, 1.54) is 4.88 Å². The molecule has 2 unspecified atom stereocenters. The molecule has 3 rings (SSSR count). The van der Waals surface area contributed by atoms with E-state index in [2.05, 4.69) is 45.7 Å². The van der Waals surface area contributed by atoms with Gasteiger partial charge >= 0.3 is 0 Å². The van der Waals surface area contributed by atoms with Gasteiger partial charge in [0.1, 0.15) is 11.9 Å². The summed E-state index contributed by atoms with van der Waals surface area (Å²) in [5.41, 5.74) is 0.577. The third-order valence-electron chi connectivity index (χ3n) is 3.98. The molecule has 2 aromatic rings. The molecule has 5 nitrogen and oxygen atoms in total. The van der Waals surface area contributed by atoms with Crippen LogP contribution in [0, 0.1) is 11.3 Å². The Morgan fingerprint density at radius 3 is 3.17 bits per heavy atom. The monoisotopic (exact) mass is 328 g/mol. The Kier molecular flexibility index (Phi) is 5.23. The van der Waals surface area contributed by atoms with Crippen LogP contribution in [0.15, 0.2) is 35.8 Å². The molecule has 3 heterocycles. The fraction of sp³-hybridized carbons (Fsp3) is 0.412. The third-order valence-corrected chi connectivity index (χ3v) is 4.95. The van der Waals surface area contributed by atoms with Crippen molar-refractivity contribution in [1.29, 1.82) is 5.26 Å². The Bertz CT molecular complexity index is 667. The van der Waals surface area contributed by atoms with E-state index >= 15 is 0 Å². The third kappa shape index (κ3) is 3.88. The van der Waals surface area contributed by atoms with E-state index < -0.39 is 0 Å². The van der Waals surface area contributed by atoms with Crippen LogP contribution in [0.1, 0.15) is 23.4 Å². The van der Waals surface area contributed by atoms with Gasteiger partial charge in [0.15, 0.2) is 0 Å². The van der Waals surface area contributed by atoms with Gasteiger partial charge in [-0.1, -0.05) is 6.07 Å². The second-order valence-electron chi connectivity index (χ2n) is 5.60. The van der Waals surface area contributed by atoms with Crippen molar-refractivity contribution in [3.8, 4) is 6.07 Å². The molecule has 1 aliphatic heterocycles. The van der Waals surface area contributed by atoms with Gasteiger partial charge in [-0.25, -0.2) is 4.98 Å². The molecule has 23 heavy (non-hydrogen) atoms. The number of anilines is 1. The van der Waals surface area contributed by atoms with Gasteiger partial charge in [-0.2, -0.15) is 5.26 Å². The predicted molar refractivity (Wildman–Crippen MR) is 91.5 cm³/mol. The molecule has 0 bridgehead atoms. The summed E-state index contributed by atoms with van der Waals surface area (Å²) < 4.78 is 5.66. The summed E-state index contributed by atoms with van der Waals surface area (Å²) in [5, 5.41) is 14.7. The van der Waals surface area contributed by atoms with Crippen molar-refractivity contribution in [3.05, 3.63) is 46.3 Å². The van der Waals surface area contributed by atoms with Crippen molar-refractivity contribution < 1.29 is 4.74 Å². The highest BCUT2D eigenvalue weighted by Gasteiger charge is 2.26. The van der Waals surface area contributed by atoms with E-state index in [9.17, 15) is 5.26 Å². The molecular formula is C17H20N4OS. The second-order valence-corrected chi connectivity index (χ2v) is 6.58. The molecule has 0 aromatic carbocycles. The molecule has 1 N–H and O–H groups in total. The molecule has 0 radical (unpaired) electrons. The molecule has 0 amide bonds. The van der Waals surface area contributed by atoms with Gasteiger partial charge in [0.25, 0.3) is 0 Å². The zero-order valence-corrected chi connectivity index (χ0v) is 13.9. The first-order valence-electron chi connectivity index (χ1n) is 7.76. The number of ether oxygens (including phenoxy) is 1. The minimum atomic E-state index is 0.246. The average Bonchev–Trinajstić information content (AvgIpc) is 3.10. The maximum Gasteiger partial charge on any atom is 0.143 e. The lowest BCUT2D eigenvalue weighted by Crippen LogP contribution is -2.44. The normalized spacial score (nSPS) is 19.9. The highest BCUT2D eigenvalue weighted by molar-refractivity contribution is 7.10. The number of aromatic nitrogens is 1. The number of nitrogens with one attached hydrogen (secondary N) is 1. The van der Waals surface area contributed by atoms with Gasteiger partial charge in [0.05, 0.1) is 24.3 Å². The maximum atomic E-state index is 9.20. The standard InChI is InChI=1S/C17H20N4OS/c1-13-12-21(7-8-22-13)15(16-5-3-9-23-16)11-20-17-14(10-18)4-2-6-19-17/h2-6,9,13,15H,7-8,11-12H2,1H3,(H,19,20). The minimum Gasteiger partial charge on any atom is -0.376 e. The molecule has 1 aliphatic rings. The van der Waals surface area contributed by atoms with Crippen molar-refractivity contribution >= 4 is 17.2 Å². The fourth-order valence-corrected chi connectivity index (χ4v) is 3.71. The average molecular weight is 328 g/mol. The van der Waals surface area contributed by atoms with Crippen LogP contribution < -0.4 is 5.32 Å². The molecule has 1 saturated heterocycles. The Labute approximate surface area is 140 Å². The number of nitrogens with zero attached hydrogens (tertiary/aromatic N) is 3. The Hall–Kier alpha value is -1.94. The first-order valence-corrected chi connectivity index (χ1v) is 8.64. The summed E-state index contributed by atoms with van der Waals surface area (Å²) in [5.74, 6) is 0.651. The number of rotatable bonds is 5. The van der Waals surface area contributed by atoms with E-state index in [4.69, 9.17) is 4.74 Å². The maximum absolute atomic E-state index is 9.20. The summed E-state index contributed by atoms with van der Waals surface area (Å²) >= 11 is 1.76. The van der Waals surface area contributed by atoms with Gasteiger partial charge in [-0.05, 0) is 30.5 Å². The summed E-state index contributed by atoms with van der Waals surface area (Å²) in [6, 6.07) is 10.3. The molecule has 2 atom stereocenters. The van der Waals surface area contributed by atoms with E-state index in [-0.39, 0.29) is 12.1 Å². The van der Waals surface area contributed by atoms with E-state index in [0.717, 1.165) is 26.2 Å². The molecular weight excluding hydrogens is 308 g/mol. The van der Waals surface area contributed by atoms with Crippen LogP contribution in [0.25, 0.3) is 0 Å². The van der Waals surface area contributed by atoms with Crippen LogP contribution >= 0.6 is 11.3 Å². The van der Waals surface area contributed by atoms with Crippen molar-refractivity contribution in [2.45, 2.75) is 19.1 Å². The highest BCUT2D eigenvalue weighted by atomic mass is 32.1. The summed E-state index contributed by atoms with van der Waals surface area (Å²) in [7, 11) is 0. The SMILES string of the molecule is CC1CN(C(CNc2ncccc2C#N)c2cccs2)CCO1. The lowest BCUT2D eigenvalue weighted by atomic mass is 10.1. The van der Waals surface area contributed by atoms with Crippen LogP contribution in [0.4, 0.5) is 5.82 Å². The number of morpholine rings is 1. The van der Waals surface area contributed by atoms with E-state index in [1.807, 2.05) is 0 Å². The largest absolute Gasteiger partial charge is 0.376 e. The van der Waals surface area contributed by atoms with Crippen LogP contribution in [0.3, 0.4) is 0 Å². The van der Waals surface area contributed by atoms with Crippen LogP contribution in [-0.2, 0) is 4.74 Å². The summed E-state index contributed by atoms with van der Waals surface area (Å²) in [4.78, 5) is 8.06. The quantitative estimate of drug-likeness (QED) is 0.914. The molecule has 0 spiro atoms. The molecule has 120 valence electrons. The fourth-order valence-electron chi connectivity index (χ4n) is 2.85. The summed E-state index contributed by atoms with van der Waals surface area (Å²) in [6.45, 7) is 5.42. The lowest BCUT2D eigenvalue weighted by Gasteiger charge is -2.37. The van der Waals surface area contributed by atoms with Crippen LogP contribution in [0.2, 0.25) is 0 Å². The van der Waals surface area contributed by atoms with E-state index in [1.54, 1.807) is 29.7 Å². The Morgan fingerprint density at radius 1 is 1.52 bits per heavy atom. The van der Waals surface area contributed by atoms with Crippen LogP contribution in [-0.4, -0.2) is 42.2 Å². The summed E-state index contributed by atoms with van der Waals surface area (Å²) in [6.07, 6.45) is 1.95. The topological polar surface area (TPSA) is 61.2 Å². The Balaban J connectivity index is 1.75. The number of hydrogen-bond donors (Lipinski definition) is 1. The van der Waals surface area contributed by atoms with Crippen LogP contribution in [0.5, 0.6) is 0 Å². The van der Waals surface area contributed by atoms with Crippen molar-refractivity contribution in [3.63, 3.8) is 0 Å². The van der Waals surface area contributed by atoms with Crippen molar-refractivity contribution in [1.82, 2.24) is 9.88 Å². The van der Waals surface area contributed by atoms with Crippen molar-refractivity contribution in [2.75, 3.05) is 31.6 Å². The number of pyridine rings is 1. The smallest absolute Gasteiger partial charge is 0.143 e. The van der Waals surface area contributed by atoms with Gasteiger partial charge in [0.2, 0.25) is 0 Å². The zero-order chi connectivity index (χ0) is 16.1. The van der Waals surface area contributed by atoms with Gasteiger partial charge in [-0.3, -0.25) is 4.90 Å².